The normalized spacial score (nSPS) is 25.3. The highest BCUT2D eigenvalue weighted by Gasteiger charge is 2.49. The van der Waals surface area contributed by atoms with Crippen LogP contribution < -0.4 is 10.1 Å². The van der Waals surface area contributed by atoms with Gasteiger partial charge in [0.05, 0.1) is 33.0 Å². The van der Waals surface area contributed by atoms with Gasteiger partial charge in [0.1, 0.15) is 11.3 Å². The Labute approximate surface area is 152 Å². The molecule has 0 aliphatic carbocycles. The minimum absolute atomic E-state index is 0.0340. The van der Waals surface area contributed by atoms with Gasteiger partial charge in [-0.3, -0.25) is 14.6 Å². The number of carbonyl (C=O) groups excluding carboxylic acids is 2. The van der Waals surface area contributed by atoms with Crippen molar-refractivity contribution in [2.45, 2.75) is 18.6 Å². The summed E-state index contributed by atoms with van der Waals surface area (Å²) < 4.78 is 10.4. The molecule has 0 aromatic heterocycles. The fourth-order valence-electron chi connectivity index (χ4n) is 3.33. The molecule has 0 radical (unpaired) electrons. The number of amides is 3. The topological polar surface area (TPSA) is 91.3 Å². The van der Waals surface area contributed by atoms with Gasteiger partial charge in [-0.15, -0.1) is 0 Å². The molecule has 2 saturated heterocycles. The molecule has 2 aliphatic rings. The standard InChI is InChI=1S/C18H25N3O5/c1-18(13-3-5-15(25-2)6-4-13)16(23)21(17(24)19-18)12-14(22)11-20-7-9-26-10-8-20/h3-6,14,22H,7-12H2,1-2H3,(H,19,24)/t14-,18-/m1/s1. The van der Waals surface area contributed by atoms with E-state index in [1.54, 1.807) is 38.3 Å². The van der Waals surface area contributed by atoms with Crippen molar-refractivity contribution in [1.82, 2.24) is 15.1 Å². The number of benzene rings is 1. The van der Waals surface area contributed by atoms with Crippen LogP contribution in [0.25, 0.3) is 0 Å². The first-order valence-corrected chi connectivity index (χ1v) is 8.71. The van der Waals surface area contributed by atoms with Gasteiger partial charge in [-0.2, -0.15) is 0 Å². The number of nitrogens with one attached hydrogen (secondary N) is 1. The predicted molar refractivity (Wildman–Crippen MR) is 93.9 cm³/mol. The molecule has 2 fully saturated rings. The van der Waals surface area contributed by atoms with Gasteiger partial charge in [0.2, 0.25) is 0 Å². The molecule has 0 saturated carbocycles. The van der Waals surface area contributed by atoms with E-state index in [-0.39, 0.29) is 12.5 Å². The summed E-state index contributed by atoms with van der Waals surface area (Å²) in [6.07, 6.45) is -0.805. The Morgan fingerprint density at radius 3 is 2.50 bits per heavy atom. The van der Waals surface area contributed by atoms with Crippen molar-refractivity contribution < 1.29 is 24.2 Å². The smallest absolute Gasteiger partial charge is 0.325 e. The number of carbonyl (C=O) groups is 2. The number of rotatable bonds is 6. The van der Waals surface area contributed by atoms with Gasteiger partial charge in [0.15, 0.2) is 0 Å². The van der Waals surface area contributed by atoms with E-state index in [0.717, 1.165) is 18.0 Å². The van der Waals surface area contributed by atoms with Gasteiger partial charge < -0.3 is 19.9 Å². The third-order valence-corrected chi connectivity index (χ3v) is 4.91. The van der Waals surface area contributed by atoms with Crippen molar-refractivity contribution in [2.75, 3.05) is 46.5 Å². The molecule has 3 rings (SSSR count). The summed E-state index contributed by atoms with van der Waals surface area (Å²) in [5.41, 5.74) is -0.482. The highest BCUT2D eigenvalue weighted by atomic mass is 16.5. The van der Waals surface area contributed by atoms with Crippen molar-refractivity contribution in [3.63, 3.8) is 0 Å². The minimum atomic E-state index is -1.15. The zero-order valence-electron chi connectivity index (χ0n) is 15.1. The van der Waals surface area contributed by atoms with Gasteiger partial charge in [0.25, 0.3) is 5.91 Å². The molecule has 3 amide bonds. The Balaban J connectivity index is 1.67. The maximum atomic E-state index is 12.9. The van der Waals surface area contributed by atoms with E-state index in [4.69, 9.17) is 9.47 Å². The van der Waals surface area contributed by atoms with Crippen LogP contribution in [0.3, 0.4) is 0 Å². The second-order valence-electron chi connectivity index (χ2n) is 6.77. The summed E-state index contributed by atoms with van der Waals surface area (Å²) in [4.78, 5) is 28.4. The van der Waals surface area contributed by atoms with Crippen LogP contribution in [0.5, 0.6) is 5.75 Å². The van der Waals surface area contributed by atoms with E-state index in [1.807, 2.05) is 0 Å². The number of β-amino-alcohol motifs (C(OH)–C–C–N with tert-alkyl or cyclic N) is 1. The zero-order chi connectivity index (χ0) is 18.7. The molecular formula is C18H25N3O5. The highest BCUT2D eigenvalue weighted by molar-refractivity contribution is 6.07. The predicted octanol–water partition coefficient (Wildman–Crippen LogP) is 0.155. The van der Waals surface area contributed by atoms with Gasteiger partial charge in [-0.1, -0.05) is 12.1 Å². The number of aliphatic hydroxyl groups excluding tert-OH is 1. The summed E-state index contributed by atoms with van der Waals surface area (Å²) in [5.74, 6) is 0.306. The van der Waals surface area contributed by atoms with Crippen molar-refractivity contribution in [1.29, 1.82) is 0 Å². The van der Waals surface area contributed by atoms with Crippen LogP contribution in [0.1, 0.15) is 12.5 Å². The molecule has 2 N–H and O–H groups in total. The molecule has 2 heterocycles. The number of hydrogen-bond donors (Lipinski definition) is 2. The van der Waals surface area contributed by atoms with Gasteiger partial charge in [0, 0.05) is 19.6 Å². The Bertz CT molecular complexity index is 659. The van der Waals surface area contributed by atoms with Gasteiger partial charge in [-0.05, 0) is 24.6 Å². The van der Waals surface area contributed by atoms with Crippen molar-refractivity contribution in [2.24, 2.45) is 0 Å². The van der Waals surface area contributed by atoms with E-state index in [2.05, 4.69) is 10.2 Å². The molecule has 0 unspecified atom stereocenters. The first kappa shape index (κ1) is 18.6. The van der Waals surface area contributed by atoms with E-state index in [9.17, 15) is 14.7 Å². The van der Waals surface area contributed by atoms with Crippen molar-refractivity contribution in [3.05, 3.63) is 29.8 Å². The fraction of sp³-hybridized carbons (Fsp3) is 0.556. The summed E-state index contributed by atoms with van der Waals surface area (Å²) in [5, 5.41) is 13.1. The number of nitrogens with zero attached hydrogens (tertiary/aromatic N) is 2. The van der Waals surface area contributed by atoms with E-state index in [1.165, 1.54) is 0 Å². The highest BCUT2D eigenvalue weighted by Crippen LogP contribution is 2.30. The monoisotopic (exact) mass is 363 g/mol. The van der Waals surface area contributed by atoms with E-state index >= 15 is 0 Å². The number of urea groups is 1. The summed E-state index contributed by atoms with van der Waals surface area (Å²) in [6.45, 7) is 4.77. The van der Waals surface area contributed by atoms with Crippen LogP contribution in [0.15, 0.2) is 24.3 Å². The number of methoxy groups -OCH3 is 1. The van der Waals surface area contributed by atoms with Crippen molar-refractivity contribution >= 4 is 11.9 Å². The minimum Gasteiger partial charge on any atom is -0.497 e. The molecule has 26 heavy (non-hydrogen) atoms. The van der Waals surface area contributed by atoms with Gasteiger partial charge in [-0.25, -0.2) is 4.79 Å². The van der Waals surface area contributed by atoms with Gasteiger partial charge >= 0.3 is 6.03 Å². The lowest BCUT2D eigenvalue weighted by Crippen LogP contribution is -2.46. The maximum absolute atomic E-state index is 12.9. The lowest BCUT2D eigenvalue weighted by molar-refractivity contribution is -0.132. The van der Waals surface area contributed by atoms with Crippen LogP contribution in [-0.4, -0.2) is 79.5 Å². The zero-order valence-corrected chi connectivity index (χ0v) is 15.1. The number of imide groups is 1. The second-order valence-corrected chi connectivity index (χ2v) is 6.77. The third-order valence-electron chi connectivity index (χ3n) is 4.91. The largest absolute Gasteiger partial charge is 0.497 e. The maximum Gasteiger partial charge on any atom is 0.325 e. The number of hydrogen-bond acceptors (Lipinski definition) is 6. The molecule has 8 nitrogen and oxygen atoms in total. The van der Waals surface area contributed by atoms with E-state index < -0.39 is 17.7 Å². The molecule has 2 atom stereocenters. The molecule has 2 aliphatic heterocycles. The average Bonchev–Trinajstić information content (AvgIpc) is 2.86. The Kier molecular flexibility index (Phi) is 5.45. The number of ether oxygens (including phenoxy) is 2. The van der Waals surface area contributed by atoms with Crippen LogP contribution in [0.2, 0.25) is 0 Å². The summed E-state index contributed by atoms with van der Waals surface area (Å²) in [6, 6.07) is 6.51. The average molecular weight is 363 g/mol. The van der Waals surface area contributed by atoms with Crippen LogP contribution in [0.4, 0.5) is 4.79 Å². The quantitative estimate of drug-likeness (QED) is 0.700. The number of aliphatic hydroxyl groups is 1. The molecule has 8 heteroatoms. The lowest BCUT2D eigenvalue weighted by Gasteiger charge is -2.29. The Morgan fingerprint density at radius 2 is 1.88 bits per heavy atom. The molecule has 142 valence electrons. The Hall–Kier alpha value is -2.16. The molecule has 1 aromatic carbocycles. The molecule has 0 spiro atoms. The van der Waals surface area contributed by atoms with Crippen molar-refractivity contribution in [3.8, 4) is 5.75 Å². The second kappa shape index (κ2) is 7.61. The van der Waals surface area contributed by atoms with Crippen LogP contribution in [-0.2, 0) is 15.1 Å². The molecule has 0 bridgehead atoms. The Morgan fingerprint density at radius 1 is 1.23 bits per heavy atom. The third kappa shape index (κ3) is 3.67. The fourth-order valence-corrected chi connectivity index (χ4v) is 3.33. The van der Waals surface area contributed by atoms with Crippen LogP contribution >= 0.6 is 0 Å². The molecular weight excluding hydrogens is 338 g/mol. The summed E-state index contributed by atoms with van der Waals surface area (Å²) in [7, 11) is 1.57. The van der Waals surface area contributed by atoms with Crippen LogP contribution in [0, 0.1) is 0 Å². The SMILES string of the molecule is COc1ccc([C@@]2(C)NC(=O)N(C[C@H](O)CN3CCOCC3)C2=O)cc1. The first-order chi connectivity index (χ1) is 12.4. The van der Waals surface area contributed by atoms with E-state index in [0.29, 0.717) is 31.1 Å². The number of morpholine rings is 1. The summed E-state index contributed by atoms with van der Waals surface area (Å²) >= 11 is 0. The first-order valence-electron chi connectivity index (χ1n) is 8.71. The molecule has 1 aromatic rings. The lowest BCUT2D eigenvalue weighted by atomic mass is 9.92.